The first-order chi connectivity index (χ1) is 6.70. The highest BCUT2D eigenvalue weighted by Gasteiger charge is 2.21. The van der Waals surface area contributed by atoms with Gasteiger partial charge in [0, 0.05) is 24.2 Å². The molecule has 0 saturated heterocycles. The molecule has 0 spiro atoms. The first-order valence-corrected chi connectivity index (χ1v) is 6.84. The zero-order valence-corrected chi connectivity index (χ0v) is 9.81. The monoisotopic (exact) mass is 236 g/mol. The Morgan fingerprint density at radius 3 is 2.50 bits per heavy atom. The van der Waals surface area contributed by atoms with E-state index in [2.05, 4.69) is 9.97 Å². The second kappa shape index (κ2) is 5.46. The zero-order valence-electron chi connectivity index (χ0n) is 8.10. The molecule has 0 aromatic carbocycles. The standard InChI is InChI=1S/C7H13N2O3PS/c1-3-10-13(14,11-4-2)12-7-8-5-6-9-7/h5-6H,3-4H2,1-2H3,(H,8,9). The molecule has 1 aromatic rings. The van der Waals surface area contributed by atoms with Crippen LogP contribution >= 0.6 is 6.72 Å². The van der Waals surface area contributed by atoms with Crippen LogP contribution in [0.5, 0.6) is 6.01 Å². The number of nitrogens with zero attached hydrogens (tertiary/aromatic N) is 1. The lowest BCUT2D eigenvalue weighted by molar-refractivity contribution is 0.214. The third-order valence-corrected chi connectivity index (χ3v) is 3.65. The van der Waals surface area contributed by atoms with Gasteiger partial charge in [0.05, 0.1) is 13.2 Å². The van der Waals surface area contributed by atoms with Crippen LogP contribution in [0.15, 0.2) is 12.4 Å². The summed E-state index contributed by atoms with van der Waals surface area (Å²) in [5.41, 5.74) is 0. The van der Waals surface area contributed by atoms with Crippen LogP contribution in [0.1, 0.15) is 13.8 Å². The molecule has 0 radical (unpaired) electrons. The zero-order chi connectivity index (χ0) is 10.4. The van der Waals surface area contributed by atoms with Gasteiger partial charge < -0.3 is 9.51 Å². The number of rotatable bonds is 6. The van der Waals surface area contributed by atoms with Crippen molar-refractivity contribution >= 4 is 18.5 Å². The minimum Gasteiger partial charge on any atom is -0.390 e. The van der Waals surface area contributed by atoms with Crippen molar-refractivity contribution in [3.05, 3.63) is 12.4 Å². The van der Waals surface area contributed by atoms with Crippen LogP contribution < -0.4 is 4.52 Å². The average molecular weight is 236 g/mol. The molecule has 0 bridgehead atoms. The van der Waals surface area contributed by atoms with E-state index in [1.165, 1.54) is 0 Å². The Morgan fingerprint density at radius 2 is 2.07 bits per heavy atom. The van der Waals surface area contributed by atoms with Crippen molar-refractivity contribution in [2.45, 2.75) is 13.8 Å². The van der Waals surface area contributed by atoms with E-state index in [1.807, 2.05) is 13.8 Å². The molecule has 0 atom stereocenters. The summed E-state index contributed by atoms with van der Waals surface area (Å²) in [6, 6.07) is 0.329. The molecule has 0 saturated carbocycles. The Kier molecular flexibility index (Phi) is 4.54. The number of H-pyrrole nitrogens is 1. The third kappa shape index (κ3) is 3.38. The number of hydrogen-bond donors (Lipinski definition) is 1. The predicted molar refractivity (Wildman–Crippen MR) is 56.8 cm³/mol. The molecule has 0 unspecified atom stereocenters. The molecule has 0 aliphatic rings. The molecule has 0 amide bonds. The van der Waals surface area contributed by atoms with Crippen molar-refractivity contribution in [1.82, 2.24) is 9.97 Å². The molecule has 0 fully saturated rings. The maximum atomic E-state index is 5.34. The van der Waals surface area contributed by atoms with E-state index in [-0.39, 0.29) is 0 Å². The number of aromatic amines is 1. The second-order valence-electron chi connectivity index (χ2n) is 2.27. The van der Waals surface area contributed by atoms with Crippen LogP contribution in [0.4, 0.5) is 0 Å². The van der Waals surface area contributed by atoms with Gasteiger partial charge in [-0.05, 0) is 13.8 Å². The van der Waals surface area contributed by atoms with Crippen LogP contribution in [0.3, 0.4) is 0 Å². The van der Waals surface area contributed by atoms with Crippen molar-refractivity contribution in [3.8, 4) is 6.01 Å². The minimum atomic E-state index is -2.67. The molecule has 80 valence electrons. The summed E-state index contributed by atoms with van der Waals surface area (Å²) in [5, 5.41) is 0. The van der Waals surface area contributed by atoms with E-state index in [4.69, 9.17) is 25.4 Å². The van der Waals surface area contributed by atoms with Gasteiger partial charge in [-0.15, -0.1) is 0 Å². The summed E-state index contributed by atoms with van der Waals surface area (Å²) >= 11 is 5.13. The molecule has 5 nitrogen and oxygen atoms in total. The van der Waals surface area contributed by atoms with Crippen LogP contribution in [-0.4, -0.2) is 23.2 Å². The quantitative estimate of drug-likeness (QED) is 0.766. The molecule has 1 rings (SSSR count). The molecule has 0 aliphatic heterocycles. The highest BCUT2D eigenvalue weighted by Crippen LogP contribution is 2.48. The van der Waals surface area contributed by atoms with Gasteiger partial charge in [0.25, 0.3) is 6.01 Å². The largest absolute Gasteiger partial charge is 0.390 e. The van der Waals surface area contributed by atoms with Crippen LogP contribution in [0.2, 0.25) is 0 Å². The smallest absolute Gasteiger partial charge is 0.382 e. The van der Waals surface area contributed by atoms with Crippen molar-refractivity contribution in [2.75, 3.05) is 13.2 Å². The van der Waals surface area contributed by atoms with Crippen LogP contribution in [0, 0.1) is 0 Å². The molecule has 14 heavy (non-hydrogen) atoms. The molecular weight excluding hydrogens is 223 g/mol. The van der Waals surface area contributed by atoms with E-state index < -0.39 is 6.72 Å². The van der Waals surface area contributed by atoms with E-state index >= 15 is 0 Å². The molecular formula is C7H13N2O3PS. The summed E-state index contributed by atoms with van der Waals surface area (Å²) in [7, 11) is 0. The SMILES string of the molecule is CCOP(=S)(OCC)Oc1ncc[nH]1. The van der Waals surface area contributed by atoms with E-state index in [1.54, 1.807) is 12.4 Å². The van der Waals surface area contributed by atoms with E-state index in [0.717, 1.165) is 0 Å². The van der Waals surface area contributed by atoms with Gasteiger partial charge >= 0.3 is 6.72 Å². The minimum absolute atomic E-state index is 0.329. The molecule has 1 aromatic heterocycles. The van der Waals surface area contributed by atoms with Crippen LogP contribution in [0.25, 0.3) is 0 Å². The summed E-state index contributed by atoms with van der Waals surface area (Å²) in [4.78, 5) is 6.67. The van der Waals surface area contributed by atoms with Gasteiger partial charge in [-0.25, -0.2) is 4.98 Å². The van der Waals surface area contributed by atoms with Crippen molar-refractivity contribution in [3.63, 3.8) is 0 Å². The fraction of sp³-hybridized carbons (Fsp3) is 0.571. The lowest BCUT2D eigenvalue weighted by Crippen LogP contribution is -2.02. The molecule has 7 heteroatoms. The van der Waals surface area contributed by atoms with Gasteiger partial charge in [-0.2, -0.15) is 0 Å². The Morgan fingerprint density at radius 1 is 1.43 bits per heavy atom. The second-order valence-corrected chi connectivity index (χ2v) is 5.20. The number of nitrogens with one attached hydrogen (secondary N) is 1. The third-order valence-electron chi connectivity index (χ3n) is 1.25. The van der Waals surface area contributed by atoms with Crippen molar-refractivity contribution in [1.29, 1.82) is 0 Å². The maximum Gasteiger partial charge on any atom is 0.382 e. The van der Waals surface area contributed by atoms with Gasteiger partial charge in [0.2, 0.25) is 0 Å². The first kappa shape index (κ1) is 11.7. The normalized spacial score (nSPS) is 11.6. The summed E-state index contributed by atoms with van der Waals surface area (Å²) < 4.78 is 15.9. The lowest BCUT2D eigenvalue weighted by atomic mass is 10.9. The fourth-order valence-corrected chi connectivity index (χ4v) is 2.78. The van der Waals surface area contributed by atoms with Crippen molar-refractivity contribution < 1.29 is 13.6 Å². The van der Waals surface area contributed by atoms with Crippen LogP contribution in [-0.2, 0) is 20.9 Å². The fourth-order valence-electron chi connectivity index (χ4n) is 0.813. The van der Waals surface area contributed by atoms with Crippen molar-refractivity contribution in [2.24, 2.45) is 0 Å². The Balaban J connectivity index is 2.64. The number of aromatic nitrogens is 2. The van der Waals surface area contributed by atoms with E-state index in [9.17, 15) is 0 Å². The Bertz CT molecular complexity index is 294. The number of imidazole rings is 1. The summed E-state index contributed by atoms with van der Waals surface area (Å²) in [6.45, 7) is 1.92. The van der Waals surface area contributed by atoms with Gasteiger partial charge in [0.15, 0.2) is 0 Å². The highest BCUT2D eigenvalue weighted by atomic mass is 32.5. The van der Waals surface area contributed by atoms with Gasteiger partial charge in [-0.3, -0.25) is 9.05 Å². The predicted octanol–water partition coefficient (Wildman–Crippen LogP) is 2.09. The highest BCUT2D eigenvalue weighted by molar-refractivity contribution is 8.07. The molecule has 1 N–H and O–H groups in total. The topological polar surface area (TPSA) is 56.4 Å². The summed E-state index contributed by atoms with van der Waals surface area (Å²) in [6.07, 6.45) is 3.22. The maximum absolute atomic E-state index is 5.34. The first-order valence-electron chi connectivity index (χ1n) is 4.28. The lowest BCUT2D eigenvalue weighted by Gasteiger charge is -2.18. The Labute approximate surface area is 88.0 Å². The average Bonchev–Trinajstić information content (AvgIpc) is 2.57. The molecule has 0 aliphatic carbocycles. The van der Waals surface area contributed by atoms with Gasteiger partial charge in [0.1, 0.15) is 0 Å². The van der Waals surface area contributed by atoms with E-state index in [0.29, 0.717) is 19.2 Å². The molecule has 1 heterocycles. The number of hydrogen-bond acceptors (Lipinski definition) is 5. The summed E-state index contributed by atoms with van der Waals surface area (Å²) in [5.74, 6) is 0. The Hall–Kier alpha value is -0.420. The van der Waals surface area contributed by atoms with Gasteiger partial charge in [-0.1, -0.05) is 0 Å².